The zero-order valence-corrected chi connectivity index (χ0v) is 12.9. The maximum Gasteiger partial charge on any atom is 0.305 e. The summed E-state index contributed by atoms with van der Waals surface area (Å²) in [6.45, 7) is 0.588. The molecular formula is C13H17ClN2O3S. The van der Waals surface area contributed by atoms with Crippen molar-refractivity contribution in [3.8, 4) is 5.75 Å². The van der Waals surface area contributed by atoms with Crippen molar-refractivity contribution in [2.75, 3.05) is 26.1 Å². The van der Waals surface area contributed by atoms with Gasteiger partial charge in [0, 0.05) is 18.7 Å². The number of ether oxygens (including phenoxy) is 2. The van der Waals surface area contributed by atoms with Crippen molar-refractivity contribution in [2.24, 2.45) is 0 Å². The zero-order chi connectivity index (χ0) is 15.0. The average Bonchev–Trinajstić information content (AvgIpc) is 2.43. The number of benzene rings is 1. The van der Waals surface area contributed by atoms with Gasteiger partial charge in [-0.2, -0.15) is 0 Å². The summed E-state index contributed by atoms with van der Waals surface area (Å²) >= 11 is 11.1. The van der Waals surface area contributed by atoms with E-state index >= 15 is 0 Å². The molecule has 20 heavy (non-hydrogen) atoms. The zero-order valence-electron chi connectivity index (χ0n) is 11.4. The highest BCUT2D eigenvalue weighted by atomic mass is 35.5. The maximum atomic E-state index is 10.9. The molecule has 7 heteroatoms. The van der Waals surface area contributed by atoms with Gasteiger partial charge in [0.1, 0.15) is 5.75 Å². The number of thiocarbonyl (C=S) groups is 1. The molecule has 0 heterocycles. The van der Waals surface area contributed by atoms with Crippen LogP contribution in [0.15, 0.2) is 18.2 Å². The number of anilines is 1. The fraction of sp³-hybridized carbons (Fsp3) is 0.385. The van der Waals surface area contributed by atoms with Crippen molar-refractivity contribution >= 4 is 40.6 Å². The standard InChI is InChI=1S/C13H17ClN2O3S/c1-18-11-6-5-9(8-10(11)14)16-13(20)15-7-3-4-12(17)19-2/h5-6,8H,3-4,7H2,1-2H3,(H2,15,16,20). The number of carbonyl (C=O) groups excluding carboxylic acids is 1. The Morgan fingerprint density at radius 3 is 2.75 bits per heavy atom. The molecule has 0 radical (unpaired) electrons. The Morgan fingerprint density at radius 1 is 1.40 bits per heavy atom. The fourth-order valence-electron chi connectivity index (χ4n) is 1.46. The van der Waals surface area contributed by atoms with Crippen molar-refractivity contribution in [3.05, 3.63) is 23.2 Å². The molecule has 0 aliphatic heterocycles. The topological polar surface area (TPSA) is 59.6 Å². The van der Waals surface area contributed by atoms with Crippen LogP contribution in [0.4, 0.5) is 5.69 Å². The third-order valence-electron chi connectivity index (χ3n) is 2.48. The molecule has 110 valence electrons. The molecule has 0 fully saturated rings. The Bertz CT molecular complexity index is 483. The van der Waals surface area contributed by atoms with E-state index in [0.29, 0.717) is 35.3 Å². The summed E-state index contributed by atoms with van der Waals surface area (Å²) < 4.78 is 9.61. The fourth-order valence-corrected chi connectivity index (χ4v) is 1.93. The Kier molecular flexibility index (Phi) is 7.11. The van der Waals surface area contributed by atoms with Gasteiger partial charge in [0.15, 0.2) is 5.11 Å². The van der Waals surface area contributed by atoms with Crippen molar-refractivity contribution in [2.45, 2.75) is 12.8 Å². The van der Waals surface area contributed by atoms with Crippen molar-refractivity contribution < 1.29 is 14.3 Å². The molecule has 0 bridgehead atoms. The highest BCUT2D eigenvalue weighted by molar-refractivity contribution is 7.80. The van der Waals surface area contributed by atoms with Crippen LogP contribution in [0.3, 0.4) is 0 Å². The number of nitrogens with one attached hydrogen (secondary N) is 2. The first kappa shape index (κ1) is 16.5. The quantitative estimate of drug-likeness (QED) is 0.478. The maximum absolute atomic E-state index is 10.9. The van der Waals surface area contributed by atoms with E-state index in [9.17, 15) is 4.79 Å². The summed E-state index contributed by atoms with van der Waals surface area (Å²) in [5.74, 6) is 0.377. The predicted octanol–water partition coefficient (Wildman–Crippen LogP) is 2.59. The second-order valence-corrected chi connectivity index (χ2v) is 4.73. The lowest BCUT2D eigenvalue weighted by molar-refractivity contribution is -0.140. The molecule has 0 spiro atoms. The summed E-state index contributed by atoms with van der Waals surface area (Å²) in [4.78, 5) is 10.9. The van der Waals surface area contributed by atoms with E-state index in [0.717, 1.165) is 5.69 Å². The minimum atomic E-state index is -0.229. The molecule has 0 aliphatic rings. The second-order valence-electron chi connectivity index (χ2n) is 3.91. The van der Waals surface area contributed by atoms with Gasteiger partial charge in [-0.1, -0.05) is 11.6 Å². The van der Waals surface area contributed by atoms with E-state index in [1.807, 2.05) is 6.07 Å². The minimum absolute atomic E-state index is 0.229. The van der Waals surface area contributed by atoms with E-state index < -0.39 is 0 Å². The number of esters is 1. The van der Waals surface area contributed by atoms with E-state index in [4.69, 9.17) is 28.6 Å². The van der Waals surface area contributed by atoms with Crippen LogP contribution in [0.2, 0.25) is 5.02 Å². The van der Waals surface area contributed by atoms with Crippen LogP contribution < -0.4 is 15.4 Å². The van der Waals surface area contributed by atoms with Crippen LogP contribution in [0.5, 0.6) is 5.75 Å². The summed E-state index contributed by atoms with van der Waals surface area (Å²) in [5, 5.41) is 6.97. The molecule has 0 saturated carbocycles. The number of hydrogen-bond donors (Lipinski definition) is 2. The minimum Gasteiger partial charge on any atom is -0.495 e. The van der Waals surface area contributed by atoms with Gasteiger partial charge in [-0.3, -0.25) is 4.79 Å². The van der Waals surface area contributed by atoms with E-state index in [2.05, 4.69) is 15.4 Å². The number of halogens is 1. The van der Waals surface area contributed by atoms with Crippen LogP contribution in [0, 0.1) is 0 Å². The van der Waals surface area contributed by atoms with E-state index in [1.165, 1.54) is 7.11 Å². The van der Waals surface area contributed by atoms with Gasteiger partial charge < -0.3 is 20.1 Å². The summed E-state index contributed by atoms with van der Waals surface area (Å²) in [6.07, 6.45) is 1.01. The Labute approximate surface area is 128 Å². The van der Waals surface area contributed by atoms with E-state index in [-0.39, 0.29) is 5.97 Å². The monoisotopic (exact) mass is 316 g/mol. The molecular weight excluding hydrogens is 300 g/mol. The Hall–Kier alpha value is -1.53. The first-order valence-corrected chi connectivity index (χ1v) is 6.80. The van der Waals surface area contributed by atoms with Crippen molar-refractivity contribution in [1.82, 2.24) is 5.32 Å². The van der Waals surface area contributed by atoms with E-state index in [1.54, 1.807) is 19.2 Å². The highest BCUT2D eigenvalue weighted by Gasteiger charge is 2.04. The lowest BCUT2D eigenvalue weighted by Gasteiger charge is -2.11. The third-order valence-corrected chi connectivity index (χ3v) is 3.02. The van der Waals surface area contributed by atoms with Gasteiger partial charge in [-0.25, -0.2) is 0 Å². The third kappa shape index (κ3) is 5.63. The smallest absolute Gasteiger partial charge is 0.305 e. The molecule has 0 aliphatic carbocycles. The van der Waals surface area contributed by atoms with Gasteiger partial charge in [-0.15, -0.1) is 0 Å². The molecule has 0 amide bonds. The summed E-state index contributed by atoms with van der Waals surface area (Å²) in [5.41, 5.74) is 0.765. The Balaban J connectivity index is 2.35. The van der Waals surface area contributed by atoms with Crippen LogP contribution in [-0.2, 0) is 9.53 Å². The van der Waals surface area contributed by atoms with Gasteiger partial charge in [0.25, 0.3) is 0 Å². The van der Waals surface area contributed by atoms with Crippen molar-refractivity contribution in [3.63, 3.8) is 0 Å². The van der Waals surface area contributed by atoms with Gasteiger partial charge in [0.05, 0.1) is 19.2 Å². The highest BCUT2D eigenvalue weighted by Crippen LogP contribution is 2.27. The van der Waals surface area contributed by atoms with Crippen LogP contribution >= 0.6 is 23.8 Å². The van der Waals surface area contributed by atoms with Gasteiger partial charge >= 0.3 is 5.97 Å². The largest absolute Gasteiger partial charge is 0.495 e. The van der Waals surface area contributed by atoms with Gasteiger partial charge in [0.2, 0.25) is 0 Å². The SMILES string of the molecule is COC(=O)CCCNC(=S)Nc1ccc(OC)c(Cl)c1. The average molecular weight is 317 g/mol. The lowest BCUT2D eigenvalue weighted by atomic mass is 10.3. The number of hydrogen-bond acceptors (Lipinski definition) is 4. The molecule has 1 aromatic rings. The first-order valence-electron chi connectivity index (χ1n) is 6.02. The van der Waals surface area contributed by atoms with Gasteiger partial charge in [-0.05, 0) is 36.8 Å². The van der Waals surface area contributed by atoms with Crippen LogP contribution in [0.25, 0.3) is 0 Å². The summed E-state index contributed by atoms with van der Waals surface area (Å²) in [6, 6.07) is 5.29. The van der Waals surface area contributed by atoms with Crippen LogP contribution in [0.1, 0.15) is 12.8 Å². The molecule has 1 aromatic carbocycles. The molecule has 0 saturated heterocycles. The number of rotatable bonds is 6. The molecule has 2 N–H and O–H groups in total. The molecule has 1 rings (SSSR count). The molecule has 0 atom stereocenters. The molecule has 0 unspecified atom stereocenters. The lowest BCUT2D eigenvalue weighted by Crippen LogP contribution is -2.29. The van der Waals surface area contributed by atoms with Crippen LogP contribution in [-0.4, -0.2) is 31.8 Å². The molecule has 5 nitrogen and oxygen atoms in total. The molecule has 0 aromatic heterocycles. The van der Waals surface area contributed by atoms with Crippen molar-refractivity contribution in [1.29, 1.82) is 0 Å². The second kappa shape index (κ2) is 8.60. The first-order chi connectivity index (χ1) is 9.56. The normalized spacial score (nSPS) is 9.75. The number of methoxy groups -OCH3 is 2. The number of carbonyl (C=O) groups is 1. The summed E-state index contributed by atoms with van der Waals surface area (Å²) in [7, 11) is 2.93. The predicted molar refractivity (Wildman–Crippen MR) is 83.5 cm³/mol. The Morgan fingerprint density at radius 2 is 2.15 bits per heavy atom.